The van der Waals surface area contributed by atoms with E-state index in [2.05, 4.69) is 20.8 Å². The molecule has 5 rings (SSSR count). The molecule has 0 unspecified atom stereocenters. The van der Waals surface area contributed by atoms with Gasteiger partial charge in [-0.05, 0) is 42.7 Å². The Morgan fingerprint density at radius 2 is 1.86 bits per heavy atom. The lowest BCUT2D eigenvalue weighted by molar-refractivity contribution is 0.174. The van der Waals surface area contributed by atoms with Crippen molar-refractivity contribution >= 4 is 23.4 Å². The van der Waals surface area contributed by atoms with Crippen molar-refractivity contribution in [2.75, 3.05) is 6.79 Å². The molecule has 1 aromatic heterocycles. The molecule has 1 aliphatic heterocycles. The predicted octanol–water partition coefficient (Wildman–Crippen LogP) is 5.73. The van der Waals surface area contributed by atoms with Gasteiger partial charge in [-0.1, -0.05) is 54.4 Å². The van der Waals surface area contributed by atoms with Crippen molar-refractivity contribution in [1.29, 1.82) is 0 Å². The van der Waals surface area contributed by atoms with Crippen LogP contribution in [0.4, 0.5) is 0 Å². The average molecular weight is 414 g/mol. The Bertz CT molecular complexity index is 1000. The first kappa shape index (κ1) is 17.9. The zero-order chi connectivity index (χ0) is 18.9. The molecule has 0 amide bonds. The van der Waals surface area contributed by atoms with Crippen LogP contribution in [0.3, 0.4) is 0 Å². The van der Waals surface area contributed by atoms with E-state index in [9.17, 15) is 0 Å². The molecule has 0 saturated heterocycles. The topological polar surface area (TPSA) is 49.2 Å². The van der Waals surface area contributed by atoms with Crippen LogP contribution in [0.15, 0.2) is 47.6 Å². The van der Waals surface area contributed by atoms with Gasteiger partial charge in [0.2, 0.25) is 6.79 Å². The molecule has 2 aliphatic rings. The number of benzene rings is 2. The van der Waals surface area contributed by atoms with Crippen molar-refractivity contribution in [2.24, 2.45) is 0 Å². The number of aromatic nitrogens is 3. The first-order valence-corrected chi connectivity index (χ1v) is 10.9. The summed E-state index contributed by atoms with van der Waals surface area (Å²) in [6.45, 7) is 0.295. The van der Waals surface area contributed by atoms with E-state index in [0.29, 0.717) is 17.9 Å². The molecule has 5 nitrogen and oxygen atoms in total. The number of halogens is 1. The summed E-state index contributed by atoms with van der Waals surface area (Å²) in [4.78, 5) is 0. The lowest BCUT2D eigenvalue weighted by Crippen LogP contribution is -2.08. The van der Waals surface area contributed by atoms with E-state index in [-0.39, 0.29) is 0 Å². The van der Waals surface area contributed by atoms with Gasteiger partial charge in [-0.3, -0.25) is 4.57 Å². The summed E-state index contributed by atoms with van der Waals surface area (Å²) in [6, 6.07) is 14.4. The summed E-state index contributed by atoms with van der Waals surface area (Å²) < 4.78 is 13.2. The number of ether oxygens (including phenoxy) is 2. The maximum Gasteiger partial charge on any atom is 0.231 e. The number of rotatable bonds is 5. The van der Waals surface area contributed by atoms with Crippen LogP contribution >= 0.6 is 23.4 Å². The molecule has 144 valence electrons. The van der Waals surface area contributed by atoms with E-state index < -0.39 is 0 Å². The molecule has 3 aromatic rings. The Kier molecular flexibility index (Phi) is 4.91. The number of nitrogens with zero attached hydrogens (tertiary/aromatic N) is 3. The largest absolute Gasteiger partial charge is 0.454 e. The van der Waals surface area contributed by atoms with Gasteiger partial charge >= 0.3 is 0 Å². The van der Waals surface area contributed by atoms with Gasteiger partial charge in [0.15, 0.2) is 22.5 Å². The van der Waals surface area contributed by atoms with Gasteiger partial charge in [-0.25, -0.2) is 0 Å². The predicted molar refractivity (Wildman–Crippen MR) is 110 cm³/mol. The van der Waals surface area contributed by atoms with Crippen molar-refractivity contribution in [3.05, 3.63) is 53.1 Å². The second-order valence-corrected chi connectivity index (χ2v) is 8.42. The number of hydrogen-bond donors (Lipinski definition) is 0. The van der Waals surface area contributed by atoms with Crippen LogP contribution in [0.1, 0.15) is 37.3 Å². The first-order chi connectivity index (χ1) is 13.8. The summed E-state index contributed by atoms with van der Waals surface area (Å²) in [7, 11) is 0. The Morgan fingerprint density at radius 1 is 1.04 bits per heavy atom. The van der Waals surface area contributed by atoms with Crippen molar-refractivity contribution in [1.82, 2.24) is 14.8 Å². The summed E-state index contributed by atoms with van der Waals surface area (Å²) in [6.07, 6.45) is 4.81. The standard InChI is InChI=1S/C21H20ClN3O2S/c22-17-8-4-3-7-16(17)20-23-24-21(25(20)15-5-1-2-6-15)28-12-14-9-10-18-19(11-14)27-13-26-18/h3-4,7-11,15H,1-2,5-6,12-13H2. The fourth-order valence-corrected chi connectivity index (χ4v) is 5.04. The van der Waals surface area contributed by atoms with E-state index in [1.165, 1.54) is 18.4 Å². The minimum absolute atomic E-state index is 0.295. The molecule has 2 heterocycles. The molecule has 0 bridgehead atoms. The fraction of sp³-hybridized carbons (Fsp3) is 0.333. The smallest absolute Gasteiger partial charge is 0.231 e. The molecule has 0 atom stereocenters. The summed E-state index contributed by atoms with van der Waals surface area (Å²) in [5, 5.41) is 10.7. The van der Waals surface area contributed by atoms with E-state index in [4.69, 9.17) is 21.1 Å². The highest BCUT2D eigenvalue weighted by Crippen LogP contribution is 2.39. The quantitative estimate of drug-likeness (QED) is 0.499. The zero-order valence-corrected chi connectivity index (χ0v) is 16.9. The first-order valence-electron chi connectivity index (χ1n) is 9.51. The lowest BCUT2D eigenvalue weighted by atomic mass is 10.2. The molecule has 28 heavy (non-hydrogen) atoms. The monoisotopic (exact) mass is 413 g/mol. The highest BCUT2D eigenvalue weighted by Gasteiger charge is 2.26. The highest BCUT2D eigenvalue weighted by molar-refractivity contribution is 7.98. The zero-order valence-electron chi connectivity index (χ0n) is 15.3. The molecule has 0 radical (unpaired) electrons. The maximum absolute atomic E-state index is 6.46. The summed E-state index contributed by atoms with van der Waals surface area (Å²) >= 11 is 8.16. The third kappa shape index (κ3) is 3.35. The Hall–Kier alpha value is -2.18. The van der Waals surface area contributed by atoms with Crippen molar-refractivity contribution < 1.29 is 9.47 Å². The van der Waals surface area contributed by atoms with Gasteiger partial charge in [0.1, 0.15) is 0 Å². The third-order valence-electron chi connectivity index (χ3n) is 5.27. The molecular formula is C21H20ClN3O2S. The van der Waals surface area contributed by atoms with Crippen LogP contribution in [0.25, 0.3) is 11.4 Å². The van der Waals surface area contributed by atoms with E-state index >= 15 is 0 Å². The lowest BCUT2D eigenvalue weighted by Gasteiger charge is -2.17. The van der Waals surface area contributed by atoms with Crippen LogP contribution in [-0.2, 0) is 5.75 Å². The van der Waals surface area contributed by atoms with E-state index in [1.54, 1.807) is 11.8 Å². The molecule has 0 spiro atoms. The molecular weight excluding hydrogens is 394 g/mol. The molecule has 0 N–H and O–H groups in total. The number of hydrogen-bond acceptors (Lipinski definition) is 5. The third-order valence-corrected chi connectivity index (χ3v) is 6.62. The molecule has 7 heteroatoms. The van der Waals surface area contributed by atoms with Crippen LogP contribution < -0.4 is 9.47 Å². The van der Waals surface area contributed by atoms with Crippen molar-refractivity contribution in [3.8, 4) is 22.9 Å². The van der Waals surface area contributed by atoms with Crippen LogP contribution in [-0.4, -0.2) is 21.6 Å². The fourth-order valence-electron chi connectivity index (χ4n) is 3.87. The van der Waals surface area contributed by atoms with Crippen LogP contribution in [0.2, 0.25) is 5.02 Å². The molecule has 1 saturated carbocycles. The van der Waals surface area contributed by atoms with Gasteiger partial charge in [0, 0.05) is 17.4 Å². The minimum atomic E-state index is 0.295. The Morgan fingerprint density at radius 3 is 2.71 bits per heavy atom. The van der Waals surface area contributed by atoms with Crippen molar-refractivity contribution in [3.63, 3.8) is 0 Å². The summed E-state index contributed by atoms with van der Waals surface area (Å²) in [5.74, 6) is 3.28. The Labute approximate surface area is 173 Å². The highest BCUT2D eigenvalue weighted by atomic mass is 35.5. The van der Waals surface area contributed by atoms with E-state index in [0.717, 1.165) is 46.6 Å². The van der Waals surface area contributed by atoms with E-state index in [1.807, 2.05) is 36.4 Å². The van der Waals surface area contributed by atoms with Crippen LogP contribution in [0, 0.1) is 0 Å². The SMILES string of the molecule is Clc1ccccc1-c1nnc(SCc2ccc3c(c2)OCO3)n1C1CCCC1. The van der Waals surface area contributed by atoms with Gasteiger partial charge in [-0.15, -0.1) is 10.2 Å². The summed E-state index contributed by atoms with van der Waals surface area (Å²) in [5.41, 5.74) is 2.12. The Balaban J connectivity index is 1.45. The average Bonchev–Trinajstić information content (AvgIpc) is 3.46. The number of fused-ring (bicyclic) bond motifs is 1. The second kappa shape index (κ2) is 7.68. The molecule has 1 fully saturated rings. The normalized spacial score (nSPS) is 16.0. The van der Waals surface area contributed by atoms with Gasteiger partial charge < -0.3 is 9.47 Å². The maximum atomic E-state index is 6.46. The van der Waals surface area contributed by atoms with Crippen molar-refractivity contribution in [2.45, 2.75) is 42.6 Å². The van der Waals surface area contributed by atoms with Crippen LogP contribution in [0.5, 0.6) is 11.5 Å². The van der Waals surface area contributed by atoms with Gasteiger partial charge in [0.25, 0.3) is 0 Å². The molecule has 1 aliphatic carbocycles. The minimum Gasteiger partial charge on any atom is -0.454 e. The van der Waals surface area contributed by atoms with Gasteiger partial charge in [0.05, 0.1) is 5.02 Å². The second-order valence-electron chi connectivity index (χ2n) is 7.07. The number of thioether (sulfide) groups is 1. The van der Waals surface area contributed by atoms with Gasteiger partial charge in [-0.2, -0.15) is 0 Å². The molecule has 2 aromatic carbocycles.